The first-order valence-electron chi connectivity index (χ1n) is 14.7. The van der Waals surface area contributed by atoms with Crippen molar-refractivity contribution in [2.24, 2.45) is 0 Å². The number of piperidine rings is 1. The molecule has 0 spiro atoms. The van der Waals surface area contributed by atoms with E-state index in [0.29, 0.717) is 32.0 Å². The molecule has 0 aromatic heterocycles. The Hall–Kier alpha value is -3.71. The van der Waals surface area contributed by atoms with Gasteiger partial charge in [-0.25, -0.2) is 0 Å². The molecule has 1 aliphatic heterocycles. The summed E-state index contributed by atoms with van der Waals surface area (Å²) in [5, 5.41) is 15.0. The van der Waals surface area contributed by atoms with Crippen LogP contribution in [0.4, 0.5) is 0 Å². The average molecular weight is 570 g/mol. The molecule has 2 atom stereocenters. The molecule has 2 N–H and O–H groups in total. The summed E-state index contributed by atoms with van der Waals surface area (Å²) in [5.41, 5.74) is 4.43. The lowest BCUT2D eigenvalue weighted by Gasteiger charge is -2.32. The Morgan fingerprint density at radius 2 is 1.62 bits per heavy atom. The van der Waals surface area contributed by atoms with Crippen molar-refractivity contribution in [3.05, 3.63) is 113 Å². The number of fused-ring (bicyclic) bond motifs is 1. The molecule has 1 saturated heterocycles. The molecule has 0 saturated carbocycles. The van der Waals surface area contributed by atoms with E-state index in [9.17, 15) is 9.90 Å². The molecule has 1 heterocycles. The summed E-state index contributed by atoms with van der Waals surface area (Å²) in [7, 11) is 0. The van der Waals surface area contributed by atoms with Crippen molar-refractivity contribution in [2.75, 3.05) is 19.7 Å². The molecule has 0 amide bonds. The zero-order chi connectivity index (χ0) is 29.8. The second-order valence-corrected chi connectivity index (χ2v) is 11.6. The monoisotopic (exact) mass is 569 g/mol. The van der Waals surface area contributed by atoms with E-state index < -0.39 is 0 Å². The summed E-state index contributed by atoms with van der Waals surface area (Å²) in [6, 6.07) is 31.6. The fraction of sp³-hybridized carbons (Fsp3) is 0.361. The largest absolute Gasteiger partial charge is 0.488 e. The number of nitrogens with one attached hydrogen (secondary N) is 1. The van der Waals surface area contributed by atoms with Gasteiger partial charge in [0.1, 0.15) is 18.0 Å². The van der Waals surface area contributed by atoms with E-state index in [1.54, 1.807) is 0 Å². The van der Waals surface area contributed by atoms with Crippen molar-refractivity contribution in [3.8, 4) is 5.75 Å². The third-order valence-corrected chi connectivity index (χ3v) is 7.22. The van der Waals surface area contributed by atoms with E-state index in [1.165, 1.54) is 11.1 Å². The normalized spacial score (nSPS) is 16.8. The van der Waals surface area contributed by atoms with Crippen LogP contribution >= 0.6 is 0 Å². The van der Waals surface area contributed by atoms with Gasteiger partial charge in [-0.05, 0) is 79.9 Å². The fourth-order valence-corrected chi connectivity index (χ4v) is 5.07. The number of aliphatic hydroxyl groups is 1. The third-order valence-electron chi connectivity index (χ3n) is 7.22. The van der Waals surface area contributed by atoms with Crippen molar-refractivity contribution >= 4 is 17.2 Å². The highest BCUT2D eigenvalue weighted by Gasteiger charge is 2.27. The van der Waals surface area contributed by atoms with Crippen LogP contribution in [0.5, 0.6) is 5.75 Å². The van der Waals surface area contributed by atoms with Crippen LogP contribution in [0, 0.1) is 0 Å². The lowest BCUT2D eigenvalue weighted by Crippen LogP contribution is -2.40. The highest BCUT2D eigenvalue weighted by molar-refractivity contribution is 5.89. The minimum absolute atomic E-state index is 0.104. The molecule has 4 aromatic rings. The lowest BCUT2D eigenvalue weighted by molar-refractivity contribution is -0.138. The first-order valence-corrected chi connectivity index (χ1v) is 14.7. The molecule has 42 heavy (non-hydrogen) atoms. The predicted molar refractivity (Wildman–Crippen MR) is 168 cm³/mol. The van der Waals surface area contributed by atoms with Crippen LogP contribution in [0.25, 0.3) is 10.8 Å². The van der Waals surface area contributed by atoms with Gasteiger partial charge in [-0.3, -0.25) is 4.79 Å². The molecule has 4 aromatic carbocycles. The van der Waals surface area contributed by atoms with Crippen LogP contribution in [0.1, 0.15) is 55.4 Å². The molecule has 0 aliphatic carbocycles. The first-order chi connectivity index (χ1) is 20.4. The Morgan fingerprint density at radius 1 is 0.881 bits per heavy atom. The van der Waals surface area contributed by atoms with Crippen molar-refractivity contribution in [2.45, 2.75) is 64.4 Å². The van der Waals surface area contributed by atoms with Crippen LogP contribution in [-0.2, 0) is 33.9 Å². The van der Waals surface area contributed by atoms with E-state index in [-0.39, 0.29) is 18.3 Å². The molecular formula is C36H43NO5. The average Bonchev–Trinajstić information content (AvgIpc) is 3.00. The molecule has 1 aliphatic rings. The van der Waals surface area contributed by atoms with Gasteiger partial charge >= 0.3 is 0 Å². The molecule has 0 radical (unpaired) electrons. The van der Waals surface area contributed by atoms with E-state index in [4.69, 9.17) is 9.47 Å². The number of ether oxygens (including phenoxy) is 3. The van der Waals surface area contributed by atoms with Crippen molar-refractivity contribution in [3.63, 3.8) is 0 Å². The second kappa shape index (κ2) is 15.5. The Bertz CT molecular complexity index is 1380. The molecule has 1 fully saturated rings. The zero-order valence-corrected chi connectivity index (χ0v) is 24.9. The van der Waals surface area contributed by atoms with E-state index >= 15 is 0 Å². The second-order valence-electron chi connectivity index (χ2n) is 11.6. The number of carbonyl (C=O) groups is 1. The van der Waals surface area contributed by atoms with Crippen LogP contribution in [0.15, 0.2) is 91.0 Å². The topological polar surface area (TPSA) is 77.0 Å². The van der Waals surface area contributed by atoms with E-state index in [1.807, 2.05) is 39.0 Å². The smallest absolute Gasteiger partial charge is 0.293 e. The minimum atomic E-state index is -0.318. The van der Waals surface area contributed by atoms with Crippen LogP contribution in [0.2, 0.25) is 0 Å². The molecule has 6 nitrogen and oxygen atoms in total. The van der Waals surface area contributed by atoms with Gasteiger partial charge in [0.15, 0.2) is 0 Å². The number of carbonyl (C=O) groups excluding carboxylic acids is 1. The molecular weight excluding hydrogens is 526 g/mol. The Balaban J connectivity index is 0.000000517. The number of rotatable bonds is 10. The Morgan fingerprint density at radius 3 is 2.31 bits per heavy atom. The third kappa shape index (κ3) is 9.41. The van der Waals surface area contributed by atoms with Crippen LogP contribution in [0.3, 0.4) is 0 Å². The van der Waals surface area contributed by atoms with Gasteiger partial charge in [-0.1, -0.05) is 78.9 Å². The van der Waals surface area contributed by atoms with Gasteiger partial charge < -0.3 is 24.6 Å². The summed E-state index contributed by atoms with van der Waals surface area (Å²) in [4.78, 5) is 9.60. The fourth-order valence-electron chi connectivity index (χ4n) is 5.07. The maximum atomic E-state index is 9.60. The number of hydrogen-bond donors (Lipinski definition) is 2. The first kappa shape index (κ1) is 31.2. The van der Waals surface area contributed by atoms with Gasteiger partial charge in [0.05, 0.1) is 12.7 Å². The van der Waals surface area contributed by atoms with Crippen molar-refractivity contribution in [1.29, 1.82) is 0 Å². The quantitative estimate of drug-likeness (QED) is 0.210. The SMILES string of the molecule is CC(C)(C)OC=O.OCCc1ccc(C2CCNCC2OCc2cc(OCc3ccccc3)c3ccccc3c2)cc1. The zero-order valence-electron chi connectivity index (χ0n) is 24.9. The minimum Gasteiger partial charge on any atom is -0.488 e. The highest BCUT2D eigenvalue weighted by Crippen LogP contribution is 2.31. The maximum Gasteiger partial charge on any atom is 0.293 e. The van der Waals surface area contributed by atoms with Crippen LogP contribution < -0.4 is 10.1 Å². The van der Waals surface area contributed by atoms with Crippen molar-refractivity contribution < 1.29 is 24.1 Å². The van der Waals surface area contributed by atoms with Crippen molar-refractivity contribution in [1.82, 2.24) is 5.32 Å². The van der Waals surface area contributed by atoms with Gasteiger partial charge in [0.25, 0.3) is 6.47 Å². The highest BCUT2D eigenvalue weighted by atomic mass is 16.5. The summed E-state index contributed by atoms with van der Waals surface area (Å²) >= 11 is 0. The van der Waals surface area contributed by atoms with Crippen LogP contribution in [-0.4, -0.2) is 43.0 Å². The van der Waals surface area contributed by atoms with Gasteiger partial charge in [0.2, 0.25) is 0 Å². The molecule has 0 bridgehead atoms. The van der Waals surface area contributed by atoms with E-state index in [2.05, 4.69) is 82.9 Å². The molecule has 6 heteroatoms. The Labute approximate surface area is 249 Å². The molecule has 5 rings (SSSR count). The standard InChI is InChI=1S/C31H33NO3.C5H10O2/c33-17-15-23-10-12-26(13-11-23)29-14-16-32-20-31(29)35-22-25-18-27-8-4-5-9-28(27)30(19-25)34-21-24-6-2-1-3-7-24;1-5(2,3)7-4-6/h1-13,18-19,29,31-33H,14-17,20-22H2;4H,1-3H3. The van der Waals surface area contributed by atoms with E-state index in [0.717, 1.165) is 47.2 Å². The summed E-state index contributed by atoms with van der Waals surface area (Å²) in [5.74, 6) is 1.25. The number of benzene rings is 4. The Kier molecular flexibility index (Phi) is 11.5. The van der Waals surface area contributed by atoms with Gasteiger partial charge in [-0.2, -0.15) is 0 Å². The summed E-state index contributed by atoms with van der Waals surface area (Å²) in [6.07, 6.45) is 1.85. The lowest BCUT2D eigenvalue weighted by atomic mass is 9.87. The summed E-state index contributed by atoms with van der Waals surface area (Å²) in [6.45, 7) is 9.02. The number of aliphatic hydroxyl groups excluding tert-OH is 1. The van der Waals surface area contributed by atoms with Gasteiger partial charge in [0, 0.05) is 24.5 Å². The molecule has 222 valence electrons. The van der Waals surface area contributed by atoms with Gasteiger partial charge in [-0.15, -0.1) is 0 Å². The predicted octanol–water partition coefficient (Wildman–Crippen LogP) is 6.57. The summed E-state index contributed by atoms with van der Waals surface area (Å²) < 4.78 is 17.3. The maximum absolute atomic E-state index is 9.60. The number of hydrogen-bond acceptors (Lipinski definition) is 6. The molecule has 2 unspecified atom stereocenters.